The number of hydrogen-bond donors (Lipinski definition) is 0. The van der Waals surface area contributed by atoms with Gasteiger partial charge in [0.25, 0.3) is 5.91 Å². The summed E-state index contributed by atoms with van der Waals surface area (Å²) in [6.07, 6.45) is 0. The molecule has 1 aliphatic rings. The van der Waals surface area contributed by atoms with Crippen LogP contribution < -0.4 is 0 Å². The smallest absolute Gasteiger partial charge is 0.276 e. The fourth-order valence-corrected chi connectivity index (χ4v) is 2.29. The lowest BCUT2D eigenvalue weighted by Gasteiger charge is -2.32. The Hall–Kier alpha value is -2.14. The molecule has 0 radical (unpaired) electrons. The first kappa shape index (κ1) is 12.9. The van der Waals surface area contributed by atoms with Crippen molar-refractivity contribution in [1.82, 2.24) is 10.1 Å². The standard InChI is InChI=1S/C15H16N2O3/c1-11-10-19-8-7-17(11)15(18)13-9-14(20-16-13)12-5-3-2-4-6-12/h2-6,9,11H,7-8,10H2,1H3. The molecule has 0 N–H and O–H groups in total. The quantitative estimate of drug-likeness (QED) is 0.841. The van der Waals surface area contributed by atoms with Crippen molar-refractivity contribution in [2.24, 2.45) is 0 Å². The first-order valence-corrected chi connectivity index (χ1v) is 6.66. The Morgan fingerprint density at radius 3 is 2.90 bits per heavy atom. The van der Waals surface area contributed by atoms with Crippen LogP contribution in [0.4, 0.5) is 0 Å². The van der Waals surface area contributed by atoms with Gasteiger partial charge in [0.15, 0.2) is 11.5 Å². The van der Waals surface area contributed by atoms with Crippen molar-refractivity contribution in [3.63, 3.8) is 0 Å². The van der Waals surface area contributed by atoms with Crippen LogP contribution in [0.3, 0.4) is 0 Å². The maximum absolute atomic E-state index is 12.4. The number of carbonyl (C=O) groups excluding carboxylic acids is 1. The summed E-state index contributed by atoms with van der Waals surface area (Å²) in [5, 5.41) is 3.90. The second-order valence-corrected chi connectivity index (χ2v) is 4.86. The number of rotatable bonds is 2. The summed E-state index contributed by atoms with van der Waals surface area (Å²) in [4.78, 5) is 14.2. The molecule has 2 aromatic rings. The van der Waals surface area contributed by atoms with Crippen LogP contribution in [0.5, 0.6) is 0 Å². The van der Waals surface area contributed by atoms with E-state index in [0.717, 1.165) is 5.56 Å². The van der Waals surface area contributed by atoms with Crippen LogP contribution in [0.15, 0.2) is 40.9 Å². The topological polar surface area (TPSA) is 55.6 Å². The van der Waals surface area contributed by atoms with Crippen LogP contribution in [0.1, 0.15) is 17.4 Å². The minimum atomic E-state index is -0.105. The molecule has 0 bridgehead atoms. The van der Waals surface area contributed by atoms with Gasteiger partial charge in [0.1, 0.15) is 0 Å². The number of ether oxygens (including phenoxy) is 1. The van der Waals surface area contributed by atoms with E-state index in [1.54, 1.807) is 11.0 Å². The molecular weight excluding hydrogens is 256 g/mol. The molecule has 0 aliphatic carbocycles. The molecule has 5 heteroatoms. The third-order valence-corrected chi connectivity index (χ3v) is 3.42. The largest absolute Gasteiger partial charge is 0.377 e. The van der Waals surface area contributed by atoms with Crippen LogP contribution in [0.2, 0.25) is 0 Å². The molecule has 1 aromatic heterocycles. The van der Waals surface area contributed by atoms with Gasteiger partial charge in [-0.3, -0.25) is 4.79 Å². The number of benzene rings is 1. The highest BCUT2D eigenvalue weighted by Crippen LogP contribution is 2.21. The van der Waals surface area contributed by atoms with E-state index in [9.17, 15) is 4.79 Å². The van der Waals surface area contributed by atoms with E-state index in [2.05, 4.69) is 5.16 Å². The molecule has 2 heterocycles. The van der Waals surface area contributed by atoms with Crippen molar-refractivity contribution in [2.75, 3.05) is 19.8 Å². The molecule has 1 amide bonds. The molecule has 104 valence electrons. The van der Waals surface area contributed by atoms with Gasteiger partial charge in [-0.1, -0.05) is 35.5 Å². The van der Waals surface area contributed by atoms with Gasteiger partial charge in [-0.25, -0.2) is 0 Å². The lowest BCUT2D eigenvalue weighted by molar-refractivity contribution is 0.00307. The maximum Gasteiger partial charge on any atom is 0.276 e. The van der Waals surface area contributed by atoms with Gasteiger partial charge in [-0.05, 0) is 6.92 Å². The highest BCUT2D eigenvalue weighted by atomic mass is 16.5. The van der Waals surface area contributed by atoms with Gasteiger partial charge < -0.3 is 14.2 Å². The fraction of sp³-hybridized carbons (Fsp3) is 0.333. The lowest BCUT2D eigenvalue weighted by Crippen LogP contribution is -2.47. The van der Waals surface area contributed by atoms with Crippen LogP contribution in [-0.2, 0) is 4.74 Å². The summed E-state index contributed by atoms with van der Waals surface area (Å²) in [6, 6.07) is 11.4. The Bertz CT molecular complexity index is 594. The van der Waals surface area contributed by atoms with E-state index in [-0.39, 0.29) is 11.9 Å². The molecule has 1 unspecified atom stereocenters. The van der Waals surface area contributed by atoms with E-state index in [0.29, 0.717) is 31.2 Å². The highest BCUT2D eigenvalue weighted by Gasteiger charge is 2.27. The number of morpholine rings is 1. The molecule has 0 spiro atoms. The molecule has 1 atom stereocenters. The SMILES string of the molecule is CC1COCCN1C(=O)c1cc(-c2ccccc2)on1. The number of amides is 1. The van der Waals surface area contributed by atoms with Crippen LogP contribution >= 0.6 is 0 Å². The fourth-order valence-electron chi connectivity index (χ4n) is 2.29. The van der Waals surface area contributed by atoms with E-state index in [1.807, 2.05) is 37.3 Å². The second-order valence-electron chi connectivity index (χ2n) is 4.86. The van der Waals surface area contributed by atoms with Gasteiger partial charge >= 0.3 is 0 Å². The van der Waals surface area contributed by atoms with Gasteiger partial charge in [0.2, 0.25) is 0 Å². The average Bonchev–Trinajstić information content (AvgIpc) is 2.98. The zero-order chi connectivity index (χ0) is 13.9. The third kappa shape index (κ3) is 2.44. The highest BCUT2D eigenvalue weighted by molar-refractivity contribution is 5.93. The Balaban J connectivity index is 1.81. The zero-order valence-electron chi connectivity index (χ0n) is 11.3. The van der Waals surface area contributed by atoms with Crippen LogP contribution in [0.25, 0.3) is 11.3 Å². The predicted molar refractivity (Wildman–Crippen MR) is 73.3 cm³/mol. The van der Waals surface area contributed by atoms with Crippen molar-refractivity contribution in [2.45, 2.75) is 13.0 Å². The number of hydrogen-bond acceptors (Lipinski definition) is 4. The van der Waals surface area contributed by atoms with Crippen LogP contribution in [-0.4, -0.2) is 41.8 Å². The van der Waals surface area contributed by atoms with Gasteiger partial charge in [0.05, 0.1) is 19.3 Å². The second kappa shape index (κ2) is 5.46. The molecule has 1 saturated heterocycles. The summed E-state index contributed by atoms with van der Waals surface area (Å²) >= 11 is 0. The Morgan fingerprint density at radius 1 is 1.35 bits per heavy atom. The first-order chi connectivity index (χ1) is 9.75. The van der Waals surface area contributed by atoms with E-state index >= 15 is 0 Å². The minimum absolute atomic E-state index is 0.0631. The van der Waals surface area contributed by atoms with Gasteiger partial charge in [0, 0.05) is 18.2 Å². The van der Waals surface area contributed by atoms with Crippen LogP contribution in [0, 0.1) is 0 Å². The summed E-state index contributed by atoms with van der Waals surface area (Å²) in [6.45, 7) is 3.69. The van der Waals surface area contributed by atoms with Crippen molar-refractivity contribution in [3.05, 3.63) is 42.1 Å². The Morgan fingerprint density at radius 2 is 2.15 bits per heavy atom. The van der Waals surface area contributed by atoms with Crippen molar-refractivity contribution in [3.8, 4) is 11.3 Å². The first-order valence-electron chi connectivity index (χ1n) is 6.66. The monoisotopic (exact) mass is 272 g/mol. The van der Waals surface area contributed by atoms with Crippen molar-refractivity contribution >= 4 is 5.91 Å². The minimum Gasteiger partial charge on any atom is -0.377 e. The molecule has 0 saturated carbocycles. The number of aromatic nitrogens is 1. The molecule has 1 aliphatic heterocycles. The molecule has 1 fully saturated rings. The summed E-state index contributed by atoms with van der Waals surface area (Å²) < 4.78 is 10.6. The molecule has 20 heavy (non-hydrogen) atoms. The normalized spacial score (nSPS) is 19.1. The van der Waals surface area contributed by atoms with Crippen molar-refractivity contribution in [1.29, 1.82) is 0 Å². The van der Waals surface area contributed by atoms with Gasteiger partial charge in [-0.15, -0.1) is 0 Å². The number of nitrogens with zero attached hydrogens (tertiary/aromatic N) is 2. The third-order valence-electron chi connectivity index (χ3n) is 3.42. The average molecular weight is 272 g/mol. The molecular formula is C15H16N2O3. The Kier molecular flexibility index (Phi) is 3.52. The zero-order valence-corrected chi connectivity index (χ0v) is 11.3. The molecule has 1 aromatic carbocycles. The molecule has 5 nitrogen and oxygen atoms in total. The maximum atomic E-state index is 12.4. The lowest BCUT2D eigenvalue weighted by atomic mass is 10.1. The molecule has 3 rings (SSSR count). The number of carbonyl (C=O) groups is 1. The van der Waals surface area contributed by atoms with Gasteiger partial charge in [-0.2, -0.15) is 0 Å². The summed E-state index contributed by atoms with van der Waals surface area (Å²) in [5.41, 5.74) is 1.26. The summed E-state index contributed by atoms with van der Waals surface area (Å²) in [7, 11) is 0. The van der Waals surface area contributed by atoms with E-state index in [4.69, 9.17) is 9.26 Å². The Labute approximate surface area is 117 Å². The van der Waals surface area contributed by atoms with E-state index in [1.165, 1.54) is 0 Å². The predicted octanol–water partition coefficient (Wildman–Crippen LogP) is 2.20. The van der Waals surface area contributed by atoms with Crippen molar-refractivity contribution < 1.29 is 14.1 Å². The van der Waals surface area contributed by atoms with E-state index < -0.39 is 0 Å². The summed E-state index contributed by atoms with van der Waals surface area (Å²) in [5.74, 6) is 0.501.